The fourth-order valence-corrected chi connectivity index (χ4v) is 2.38. The molecule has 1 unspecified atom stereocenters. The smallest absolute Gasteiger partial charge is 0.0713 e. The van der Waals surface area contributed by atoms with E-state index >= 15 is 0 Å². The monoisotopic (exact) mass is 318 g/mol. The summed E-state index contributed by atoms with van der Waals surface area (Å²) in [5.41, 5.74) is 3.92. The van der Waals surface area contributed by atoms with Gasteiger partial charge in [0.15, 0.2) is 0 Å². The van der Waals surface area contributed by atoms with Crippen LogP contribution in [0.2, 0.25) is 0 Å². The first-order valence-electron chi connectivity index (χ1n) is 6.38. The highest BCUT2D eigenvalue weighted by Crippen LogP contribution is 2.27. The number of hydrazine groups is 1. The molecule has 0 amide bonds. The minimum atomic E-state index is 0.0427. The zero-order chi connectivity index (χ0) is 13.5. The second-order valence-corrected chi connectivity index (χ2v) is 5.39. The summed E-state index contributed by atoms with van der Waals surface area (Å²) in [4.78, 5) is 0. The molecule has 0 aliphatic heterocycles. The highest BCUT2D eigenvalue weighted by molar-refractivity contribution is 9.10. The highest BCUT2D eigenvalue weighted by Gasteiger charge is 2.20. The molecule has 1 atom stereocenters. The van der Waals surface area contributed by atoms with Crippen LogP contribution in [-0.2, 0) is 4.74 Å². The van der Waals surface area contributed by atoms with Crippen molar-refractivity contribution in [3.8, 4) is 0 Å². The van der Waals surface area contributed by atoms with Crippen molar-refractivity contribution in [2.75, 3.05) is 13.2 Å². The van der Waals surface area contributed by atoms with Gasteiger partial charge in [-0.25, -0.2) is 0 Å². The van der Waals surface area contributed by atoms with E-state index in [1.165, 1.54) is 0 Å². The van der Waals surface area contributed by atoms with Gasteiger partial charge in [-0.15, -0.1) is 0 Å². The number of rotatable bonds is 8. The average molecular weight is 319 g/mol. The molecular weight excluding hydrogens is 296 g/mol. The molecule has 0 saturated heterocycles. The number of nitrogens with zero attached hydrogens (tertiary/aromatic N) is 2. The van der Waals surface area contributed by atoms with Crippen LogP contribution in [0.25, 0.3) is 0 Å². The van der Waals surface area contributed by atoms with Gasteiger partial charge >= 0.3 is 0 Å². The van der Waals surface area contributed by atoms with Crippen molar-refractivity contribution in [2.24, 2.45) is 5.84 Å². The maximum Gasteiger partial charge on any atom is 0.0713 e. The molecule has 0 radical (unpaired) electrons. The Morgan fingerprint density at radius 2 is 2.22 bits per heavy atom. The Morgan fingerprint density at radius 1 is 1.50 bits per heavy atom. The van der Waals surface area contributed by atoms with E-state index in [2.05, 4.69) is 47.2 Å². The number of hydrogen-bond acceptors (Lipinski definition) is 4. The minimum absolute atomic E-state index is 0.0427. The predicted octanol–water partition coefficient (Wildman–Crippen LogP) is 2.55. The maximum atomic E-state index is 5.65. The largest absolute Gasteiger partial charge is 0.381 e. The summed E-state index contributed by atoms with van der Waals surface area (Å²) in [6.07, 6.45) is 3.68. The molecule has 0 saturated carbocycles. The number of halogens is 1. The Bertz CT molecular complexity index is 354. The Labute approximate surface area is 117 Å². The molecule has 1 rings (SSSR count). The summed E-state index contributed by atoms with van der Waals surface area (Å²) in [7, 11) is 0. The molecule has 0 fully saturated rings. The van der Waals surface area contributed by atoms with E-state index in [1.807, 2.05) is 10.9 Å². The fourth-order valence-electron chi connectivity index (χ4n) is 1.83. The number of aromatic nitrogens is 2. The van der Waals surface area contributed by atoms with Crippen molar-refractivity contribution in [3.63, 3.8) is 0 Å². The summed E-state index contributed by atoms with van der Waals surface area (Å²) >= 11 is 3.53. The Morgan fingerprint density at radius 3 is 2.78 bits per heavy atom. The number of ether oxygens (including phenoxy) is 1. The van der Waals surface area contributed by atoms with Crippen LogP contribution >= 0.6 is 15.9 Å². The van der Waals surface area contributed by atoms with Crippen LogP contribution in [0.1, 0.15) is 51.4 Å². The first-order chi connectivity index (χ1) is 8.61. The van der Waals surface area contributed by atoms with Crippen LogP contribution in [0.5, 0.6) is 0 Å². The van der Waals surface area contributed by atoms with Gasteiger partial charge in [-0.3, -0.25) is 16.0 Å². The van der Waals surface area contributed by atoms with E-state index in [4.69, 9.17) is 10.6 Å². The number of nitrogens with two attached hydrogens (primary N) is 1. The second kappa shape index (κ2) is 7.89. The van der Waals surface area contributed by atoms with Crippen molar-refractivity contribution in [2.45, 2.75) is 45.7 Å². The van der Waals surface area contributed by atoms with Crippen molar-refractivity contribution in [1.29, 1.82) is 0 Å². The van der Waals surface area contributed by atoms with Gasteiger partial charge in [0.1, 0.15) is 0 Å². The summed E-state index contributed by atoms with van der Waals surface area (Å²) < 4.78 is 8.47. The van der Waals surface area contributed by atoms with E-state index in [0.717, 1.165) is 29.6 Å². The third-order valence-electron chi connectivity index (χ3n) is 2.71. The lowest BCUT2D eigenvalue weighted by atomic mass is 10.1. The quantitative estimate of drug-likeness (QED) is 0.439. The van der Waals surface area contributed by atoms with Crippen LogP contribution in [0, 0.1) is 0 Å². The molecule has 6 heteroatoms. The van der Waals surface area contributed by atoms with Crippen LogP contribution in [-0.4, -0.2) is 23.0 Å². The summed E-state index contributed by atoms with van der Waals surface area (Å²) in [6, 6.07) is 0.347. The van der Waals surface area contributed by atoms with Gasteiger partial charge in [-0.2, -0.15) is 5.10 Å². The average Bonchev–Trinajstić information content (AvgIpc) is 2.72. The molecule has 18 heavy (non-hydrogen) atoms. The van der Waals surface area contributed by atoms with Crippen LogP contribution in [0.15, 0.2) is 10.7 Å². The second-order valence-electron chi connectivity index (χ2n) is 4.54. The van der Waals surface area contributed by atoms with Gasteiger partial charge in [0, 0.05) is 19.3 Å². The zero-order valence-corrected chi connectivity index (χ0v) is 12.9. The molecule has 5 nitrogen and oxygen atoms in total. The molecule has 1 heterocycles. The van der Waals surface area contributed by atoms with Gasteiger partial charge in [0.2, 0.25) is 0 Å². The Balaban J connectivity index is 2.72. The SMILES string of the molecule is CCCOCCC(NN)c1c(Br)cnn1C(C)C. The minimum Gasteiger partial charge on any atom is -0.381 e. The molecule has 0 aliphatic carbocycles. The first-order valence-corrected chi connectivity index (χ1v) is 7.17. The van der Waals surface area contributed by atoms with E-state index in [0.29, 0.717) is 12.6 Å². The van der Waals surface area contributed by atoms with Crippen molar-refractivity contribution in [1.82, 2.24) is 15.2 Å². The predicted molar refractivity (Wildman–Crippen MR) is 76.1 cm³/mol. The summed E-state index contributed by atoms with van der Waals surface area (Å²) in [5, 5.41) is 4.36. The van der Waals surface area contributed by atoms with E-state index < -0.39 is 0 Å². The van der Waals surface area contributed by atoms with Gasteiger partial charge < -0.3 is 4.74 Å². The molecule has 1 aromatic rings. The molecule has 0 aromatic carbocycles. The van der Waals surface area contributed by atoms with Crippen molar-refractivity contribution >= 4 is 15.9 Å². The molecule has 0 aliphatic rings. The van der Waals surface area contributed by atoms with Crippen molar-refractivity contribution < 1.29 is 4.74 Å². The van der Waals surface area contributed by atoms with E-state index in [1.54, 1.807) is 0 Å². The lowest BCUT2D eigenvalue weighted by Crippen LogP contribution is -2.31. The molecule has 0 spiro atoms. The van der Waals surface area contributed by atoms with Crippen LogP contribution in [0.3, 0.4) is 0 Å². The molecule has 0 bridgehead atoms. The molecule has 1 aromatic heterocycles. The first kappa shape index (κ1) is 15.6. The van der Waals surface area contributed by atoms with Crippen molar-refractivity contribution in [3.05, 3.63) is 16.4 Å². The van der Waals surface area contributed by atoms with E-state index in [9.17, 15) is 0 Å². The zero-order valence-electron chi connectivity index (χ0n) is 11.3. The topological polar surface area (TPSA) is 65.1 Å². The third kappa shape index (κ3) is 4.05. The number of hydrogen-bond donors (Lipinski definition) is 2. The van der Waals surface area contributed by atoms with E-state index in [-0.39, 0.29) is 6.04 Å². The van der Waals surface area contributed by atoms with Gasteiger partial charge in [-0.05, 0) is 42.6 Å². The molecule has 3 N–H and O–H groups in total. The highest BCUT2D eigenvalue weighted by atomic mass is 79.9. The molecular formula is C12H23BrN4O. The third-order valence-corrected chi connectivity index (χ3v) is 3.32. The standard InChI is InChI=1S/C12H23BrN4O/c1-4-6-18-7-5-11(16-14)12-10(13)8-15-17(12)9(2)3/h8-9,11,16H,4-7,14H2,1-3H3. The molecule has 104 valence electrons. The lowest BCUT2D eigenvalue weighted by Gasteiger charge is -2.20. The van der Waals surface area contributed by atoms with Gasteiger partial charge in [-0.1, -0.05) is 6.92 Å². The summed E-state index contributed by atoms with van der Waals surface area (Å²) in [5.74, 6) is 5.65. The lowest BCUT2D eigenvalue weighted by molar-refractivity contribution is 0.123. The normalized spacial score (nSPS) is 13.2. The summed E-state index contributed by atoms with van der Waals surface area (Å²) in [6.45, 7) is 7.79. The maximum absolute atomic E-state index is 5.65. The van der Waals surface area contributed by atoms with Crippen LogP contribution < -0.4 is 11.3 Å². The van der Waals surface area contributed by atoms with Crippen LogP contribution in [0.4, 0.5) is 0 Å². The Kier molecular flexibility index (Phi) is 6.85. The van der Waals surface area contributed by atoms with Gasteiger partial charge in [0.25, 0.3) is 0 Å². The fraction of sp³-hybridized carbons (Fsp3) is 0.750. The number of nitrogens with one attached hydrogen (secondary N) is 1. The Hall–Kier alpha value is -0.430. The van der Waals surface area contributed by atoms with Gasteiger partial charge in [0.05, 0.1) is 22.4 Å².